The minimum atomic E-state index is -0.0247. The molecule has 0 atom stereocenters. The first-order chi connectivity index (χ1) is 6.27. The molecule has 0 nitrogen and oxygen atoms in total. The highest BCUT2D eigenvalue weighted by molar-refractivity contribution is 7.10. The molecule has 0 saturated heterocycles. The minimum absolute atomic E-state index is 0.0247. The Bertz CT molecular complexity index is 253. The van der Waals surface area contributed by atoms with Crippen LogP contribution in [0.2, 0.25) is 0 Å². The molecule has 1 rings (SSSR count). The fourth-order valence-corrected chi connectivity index (χ4v) is 2.49. The fourth-order valence-electron chi connectivity index (χ4n) is 1.48. The van der Waals surface area contributed by atoms with E-state index < -0.39 is 0 Å². The molecule has 74 valence electrons. The Morgan fingerprint density at radius 3 is 2.69 bits per heavy atom. The highest BCUT2D eigenvalue weighted by Gasteiger charge is 2.06. The van der Waals surface area contributed by atoms with E-state index in [1.54, 1.807) is 6.07 Å². The molecular weight excluding hydrogens is 183 g/mol. The number of unbranched alkanes of at least 4 members (excludes halogenated alkanes) is 2. The molecule has 0 N–H and O–H groups in total. The van der Waals surface area contributed by atoms with Crippen molar-refractivity contribution in [3.63, 3.8) is 0 Å². The molecule has 1 heterocycles. The predicted octanol–water partition coefficient (Wildman–Crippen LogP) is 4.18. The van der Waals surface area contributed by atoms with Gasteiger partial charge in [0.25, 0.3) is 0 Å². The normalized spacial score (nSPS) is 10.7. The van der Waals surface area contributed by atoms with Crippen molar-refractivity contribution < 1.29 is 4.39 Å². The van der Waals surface area contributed by atoms with Crippen molar-refractivity contribution in [3.05, 3.63) is 21.6 Å². The van der Waals surface area contributed by atoms with Crippen LogP contribution in [0.1, 0.15) is 43.6 Å². The predicted molar refractivity (Wildman–Crippen MR) is 56.9 cm³/mol. The lowest BCUT2D eigenvalue weighted by atomic mass is 10.1. The maximum Gasteiger partial charge on any atom is 0.176 e. The van der Waals surface area contributed by atoms with Crippen LogP contribution >= 0.6 is 11.3 Å². The fraction of sp³-hybridized carbons (Fsp3) is 0.636. The molecule has 0 unspecified atom stereocenters. The zero-order chi connectivity index (χ0) is 9.68. The summed E-state index contributed by atoms with van der Waals surface area (Å²) in [6.45, 7) is 4.28. The lowest BCUT2D eigenvalue weighted by Gasteiger charge is -1.99. The summed E-state index contributed by atoms with van der Waals surface area (Å²) in [6.07, 6.45) is 5.70. The molecule has 0 bridgehead atoms. The van der Waals surface area contributed by atoms with Crippen molar-refractivity contribution in [3.8, 4) is 0 Å². The number of rotatable bonds is 5. The molecule has 0 saturated carbocycles. The Balaban J connectivity index is 2.53. The van der Waals surface area contributed by atoms with Crippen LogP contribution in [0.3, 0.4) is 0 Å². The standard InChI is InChI=1S/C11H17FS/c1-3-5-6-7-10-9(4-2)8-11(12)13-10/h8H,3-7H2,1-2H3. The number of hydrogen-bond acceptors (Lipinski definition) is 1. The van der Waals surface area contributed by atoms with E-state index in [2.05, 4.69) is 13.8 Å². The minimum Gasteiger partial charge on any atom is -0.195 e. The van der Waals surface area contributed by atoms with Crippen LogP contribution in [0.15, 0.2) is 6.07 Å². The molecular formula is C11H17FS. The van der Waals surface area contributed by atoms with E-state index >= 15 is 0 Å². The SMILES string of the molecule is CCCCCc1sc(F)cc1CC. The second-order valence-electron chi connectivity index (χ2n) is 3.31. The van der Waals surface area contributed by atoms with Gasteiger partial charge in [0.05, 0.1) is 0 Å². The van der Waals surface area contributed by atoms with Crippen molar-refractivity contribution in [1.29, 1.82) is 0 Å². The van der Waals surface area contributed by atoms with Crippen LogP contribution in [0.25, 0.3) is 0 Å². The summed E-state index contributed by atoms with van der Waals surface area (Å²) < 4.78 is 12.9. The van der Waals surface area contributed by atoms with Crippen LogP contribution in [-0.4, -0.2) is 0 Å². The second-order valence-corrected chi connectivity index (χ2v) is 4.40. The molecule has 0 aromatic carbocycles. The molecule has 0 amide bonds. The van der Waals surface area contributed by atoms with E-state index in [4.69, 9.17) is 0 Å². The van der Waals surface area contributed by atoms with Gasteiger partial charge in [0.1, 0.15) is 0 Å². The first kappa shape index (κ1) is 10.7. The van der Waals surface area contributed by atoms with Gasteiger partial charge in [-0.3, -0.25) is 0 Å². The van der Waals surface area contributed by atoms with Gasteiger partial charge in [0.15, 0.2) is 5.13 Å². The number of aryl methyl sites for hydroxylation is 2. The first-order valence-corrected chi connectivity index (χ1v) is 5.86. The smallest absolute Gasteiger partial charge is 0.176 e. The molecule has 0 fully saturated rings. The number of hydrogen-bond donors (Lipinski definition) is 0. The topological polar surface area (TPSA) is 0 Å². The second kappa shape index (κ2) is 5.38. The molecule has 0 spiro atoms. The van der Waals surface area contributed by atoms with Crippen LogP contribution in [0.5, 0.6) is 0 Å². The monoisotopic (exact) mass is 200 g/mol. The lowest BCUT2D eigenvalue weighted by molar-refractivity contribution is 0.656. The van der Waals surface area contributed by atoms with E-state index in [1.165, 1.54) is 41.0 Å². The summed E-state index contributed by atoms with van der Waals surface area (Å²) in [7, 11) is 0. The molecule has 0 aliphatic carbocycles. The Kier molecular flexibility index (Phi) is 4.43. The van der Waals surface area contributed by atoms with E-state index in [-0.39, 0.29) is 5.13 Å². The Labute approximate surface area is 83.8 Å². The summed E-state index contributed by atoms with van der Waals surface area (Å²) in [6, 6.07) is 1.69. The van der Waals surface area contributed by atoms with Gasteiger partial charge in [0, 0.05) is 4.88 Å². The van der Waals surface area contributed by atoms with Crippen molar-refractivity contribution in [2.24, 2.45) is 0 Å². The third-order valence-corrected chi connectivity index (χ3v) is 3.28. The Morgan fingerprint density at radius 1 is 1.31 bits per heavy atom. The highest BCUT2D eigenvalue weighted by atomic mass is 32.1. The molecule has 13 heavy (non-hydrogen) atoms. The third-order valence-electron chi connectivity index (χ3n) is 2.25. The van der Waals surface area contributed by atoms with E-state index in [0.29, 0.717) is 0 Å². The van der Waals surface area contributed by atoms with Gasteiger partial charge >= 0.3 is 0 Å². The van der Waals surface area contributed by atoms with E-state index in [9.17, 15) is 4.39 Å². The maximum atomic E-state index is 12.9. The van der Waals surface area contributed by atoms with Crippen LogP contribution in [-0.2, 0) is 12.8 Å². The Morgan fingerprint density at radius 2 is 2.08 bits per heavy atom. The van der Waals surface area contributed by atoms with Crippen molar-refractivity contribution in [1.82, 2.24) is 0 Å². The third kappa shape index (κ3) is 3.11. The number of halogens is 1. The van der Waals surface area contributed by atoms with Gasteiger partial charge in [0.2, 0.25) is 0 Å². The van der Waals surface area contributed by atoms with Gasteiger partial charge in [-0.15, -0.1) is 11.3 Å². The zero-order valence-electron chi connectivity index (χ0n) is 8.40. The summed E-state index contributed by atoms with van der Waals surface area (Å²) in [5.74, 6) is 0. The first-order valence-electron chi connectivity index (χ1n) is 5.05. The molecule has 0 aliphatic heterocycles. The average Bonchev–Trinajstić information content (AvgIpc) is 2.47. The van der Waals surface area contributed by atoms with Crippen LogP contribution < -0.4 is 0 Å². The maximum absolute atomic E-state index is 12.9. The number of thiophene rings is 1. The molecule has 0 aliphatic rings. The highest BCUT2D eigenvalue weighted by Crippen LogP contribution is 2.23. The van der Waals surface area contributed by atoms with Crippen LogP contribution in [0, 0.1) is 5.13 Å². The van der Waals surface area contributed by atoms with Gasteiger partial charge in [-0.05, 0) is 30.9 Å². The summed E-state index contributed by atoms with van der Waals surface area (Å²) in [5.41, 5.74) is 1.21. The Hall–Kier alpha value is -0.370. The molecule has 1 aromatic rings. The summed E-state index contributed by atoms with van der Waals surface area (Å²) in [4.78, 5) is 1.26. The van der Waals surface area contributed by atoms with E-state index in [0.717, 1.165) is 12.8 Å². The zero-order valence-corrected chi connectivity index (χ0v) is 9.22. The summed E-state index contributed by atoms with van der Waals surface area (Å²) in [5, 5.41) is -0.0247. The average molecular weight is 200 g/mol. The van der Waals surface area contributed by atoms with Gasteiger partial charge in [-0.1, -0.05) is 26.7 Å². The van der Waals surface area contributed by atoms with Gasteiger partial charge in [-0.2, -0.15) is 4.39 Å². The summed E-state index contributed by atoms with van der Waals surface area (Å²) >= 11 is 1.32. The van der Waals surface area contributed by atoms with Crippen molar-refractivity contribution in [2.75, 3.05) is 0 Å². The molecule has 0 radical (unpaired) electrons. The van der Waals surface area contributed by atoms with Gasteiger partial charge in [-0.25, -0.2) is 0 Å². The molecule has 1 aromatic heterocycles. The van der Waals surface area contributed by atoms with Crippen LogP contribution in [0.4, 0.5) is 4.39 Å². The largest absolute Gasteiger partial charge is 0.195 e. The quantitative estimate of drug-likeness (QED) is 0.625. The van der Waals surface area contributed by atoms with E-state index in [1.807, 2.05) is 0 Å². The van der Waals surface area contributed by atoms with Gasteiger partial charge < -0.3 is 0 Å². The van der Waals surface area contributed by atoms with Crippen molar-refractivity contribution in [2.45, 2.75) is 46.0 Å². The molecule has 2 heteroatoms. The lowest BCUT2D eigenvalue weighted by Crippen LogP contribution is -1.86. The van der Waals surface area contributed by atoms with Crippen molar-refractivity contribution >= 4 is 11.3 Å².